The highest BCUT2D eigenvalue weighted by Crippen LogP contribution is 2.35. The summed E-state index contributed by atoms with van der Waals surface area (Å²) >= 11 is 1.95. The monoisotopic (exact) mass is 290 g/mol. The first-order valence-electron chi connectivity index (χ1n) is 7.51. The fourth-order valence-corrected chi connectivity index (χ4v) is 3.75. The second-order valence-electron chi connectivity index (χ2n) is 5.47. The Bertz CT molecular complexity index is 438. The minimum atomic E-state index is -0.366. The van der Waals surface area contributed by atoms with Gasteiger partial charge in [-0.2, -0.15) is 0 Å². The zero-order valence-electron chi connectivity index (χ0n) is 11.8. The summed E-state index contributed by atoms with van der Waals surface area (Å²) in [6, 6.07) is 10.6. The predicted octanol–water partition coefficient (Wildman–Crippen LogP) is 4.27. The number of hydrogen-bond donors (Lipinski definition) is 0. The molecule has 3 rings (SSSR count). The van der Waals surface area contributed by atoms with E-state index in [9.17, 15) is 0 Å². The van der Waals surface area contributed by atoms with E-state index < -0.39 is 0 Å². The summed E-state index contributed by atoms with van der Waals surface area (Å²) < 4.78 is 11.4. The molecular weight excluding hydrogens is 268 g/mol. The Morgan fingerprint density at radius 2 is 1.95 bits per heavy atom. The SMILES string of the molecule is C1=CC2(CCC1CCCSc1ccccc1)OCCO2. The van der Waals surface area contributed by atoms with Crippen molar-refractivity contribution in [3.63, 3.8) is 0 Å². The molecule has 0 aromatic heterocycles. The average molecular weight is 290 g/mol. The van der Waals surface area contributed by atoms with Crippen LogP contribution >= 0.6 is 11.8 Å². The van der Waals surface area contributed by atoms with Crippen molar-refractivity contribution < 1.29 is 9.47 Å². The van der Waals surface area contributed by atoms with Gasteiger partial charge in [-0.25, -0.2) is 0 Å². The molecule has 1 aromatic carbocycles. The summed E-state index contributed by atoms with van der Waals surface area (Å²) in [5, 5.41) is 0. The van der Waals surface area contributed by atoms with Gasteiger partial charge in [0.1, 0.15) is 0 Å². The predicted molar refractivity (Wildman–Crippen MR) is 82.9 cm³/mol. The fraction of sp³-hybridized carbons (Fsp3) is 0.529. The molecule has 1 aromatic rings. The van der Waals surface area contributed by atoms with Crippen LogP contribution in [0.4, 0.5) is 0 Å². The van der Waals surface area contributed by atoms with Crippen LogP contribution < -0.4 is 0 Å². The highest BCUT2D eigenvalue weighted by Gasteiger charge is 2.36. The van der Waals surface area contributed by atoms with Gasteiger partial charge in [-0.3, -0.25) is 0 Å². The van der Waals surface area contributed by atoms with E-state index in [1.807, 2.05) is 11.8 Å². The lowest BCUT2D eigenvalue weighted by Crippen LogP contribution is -2.31. The molecular formula is C17H22O2S. The van der Waals surface area contributed by atoms with Crippen LogP contribution in [-0.4, -0.2) is 24.8 Å². The molecule has 1 spiro atoms. The molecule has 1 aliphatic heterocycles. The quantitative estimate of drug-likeness (QED) is 0.458. The van der Waals surface area contributed by atoms with Crippen molar-refractivity contribution in [1.29, 1.82) is 0 Å². The van der Waals surface area contributed by atoms with Gasteiger partial charge >= 0.3 is 0 Å². The summed E-state index contributed by atoms with van der Waals surface area (Å²) in [6.07, 6.45) is 9.20. The number of hydrogen-bond acceptors (Lipinski definition) is 3. The highest BCUT2D eigenvalue weighted by molar-refractivity contribution is 7.99. The molecule has 1 fully saturated rings. The second-order valence-corrected chi connectivity index (χ2v) is 6.64. The Morgan fingerprint density at radius 1 is 1.15 bits per heavy atom. The minimum absolute atomic E-state index is 0.366. The topological polar surface area (TPSA) is 18.5 Å². The van der Waals surface area contributed by atoms with Crippen LogP contribution in [-0.2, 0) is 9.47 Å². The van der Waals surface area contributed by atoms with E-state index in [0.29, 0.717) is 5.92 Å². The maximum absolute atomic E-state index is 5.70. The summed E-state index contributed by atoms with van der Waals surface area (Å²) in [4.78, 5) is 1.37. The number of rotatable bonds is 5. The third-order valence-electron chi connectivity index (χ3n) is 3.99. The smallest absolute Gasteiger partial charge is 0.188 e. The Hall–Kier alpha value is -0.770. The van der Waals surface area contributed by atoms with E-state index in [2.05, 4.69) is 42.5 Å². The van der Waals surface area contributed by atoms with Crippen LogP contribution in [0.5, 0.6) is 0 Å². The summed E-state index contributed by atoms with van der Waals surface area (Å²) in [5.41, 5.74) is 0. The molecule has 0 radical (unpaired) electrons. The van der Waals surface area contributed by atoms with Crippen molar-refractivity contribution in [2.75, 3.05) is 19.0 Å². The third kappa shape index (κ3) is 3.66. The first-order valence-corrected chi connectivity index (χ1v) is 8.50. The molecule has 1 unspecified atom stereocenters. The number of benzene rings is 1. The molecule has 108 valence electrons. The van der Waals surface area contributed by atoms with Crippen molar-refractivity contribution in [2.24, 2.45) is 5.92 Å². The molecule has 1 atom stereocenters. The maximum atomic E-state index is 5.70. The maximum Gasteiger partial charge on any atom is 0.188 e. The number of thioether (sulfide) groups is 1. The van der Waals surface area contributed by atoms with Gasteiger partial charge in [-0.1, -0.05) is 24.3 Å². The normalized spacial score (nSPS) is 24.3. The van der Waals surface area contributed by atoms with E-state index in [4.69, 9.17) is 9.47 Å². The van der Waals surface area contributed by atoms with Crippen molar-refractivity contribution in [1.82, 2.24) is 0 Å². The lowest BCUT2D eigenvalue weighted by Gasteiger charge is -2.30. The van der Waals surface area contributed by atoms with E-state index >= 15 is 0 Å². The van der Waals surface area contributed by atoms with Gasteiger partial charge in [0.15, 0.2) is 5.79 Å². The number of ether oxygens (including phenoxy) is 2. The molecule has 3 heteroatoms. The van der Waals surface area contributed by atoms with E-state index in [1.165, 1.54) is 29.9 Å². The molecule has 2 aliphatic rings. The Labute approximate surface area is 125 Å². The van der Waals surface area contributed by atoms with Gasteiger partial charge in [0.25, 0.3) is 0 Å². The first-order chi connectivity index (χ1) is 9.86. The van der Waals surface area contributed by atoms with Crippen molar-refractivity contribution in [2.45, 2.75) is 36.4 Å². The van der Waals surface area contributed by atoms with E-state index in [0.717, 1.165) is 19.6 Å². The molecule has 0 amide bonds. The minimum Gasteiger partial charge on any atom is -0.344 e. The van der Waals surface area contributed by atoms with Crippen LogP contribution in [0.15, 0.2) is 47.4 Å². The van der Waals surface area contributed by atoms with Gasteiger partial charge in [-0.05, 0) is 49.1 Å². The lowest BCUT2D eigenvalue weighted by molar-refractivity contribution is -0.127. The van der Waals surface area contributed by atoms with Gasteiger partial charge < -0.3 is 9.47 Å². The molecule has 1 aliphatic carbocycles. The van der Waals surface area contributed by atoms with Crippen molar-refractivity contribution >= 4 is 11.8 Å². The van der Waals surface area contributed by atoms with Crippen LogP contribution in [0.25, 0.3) is 0 Å². The Morgan fingerprint density at radius 3 is 2.65 bits per heavy atom. The highest BCUT2D eigenvalue weighted by atomic mass is 32.2. The van der Waals surface area contributed by atoms with E-state index in [1.54, 1.807) is 0 Å². The molecule has 20 heavy (non-hydrogen) atoms. The molecule has 0 N–H and O–H groups in total. The first kappa shape index (κ1) is 14.2. The molecule has 0 bridgehead atoms. The van der Waals surface area contributed by atoms with Crippen molar-refractivity contribution in [3.05, 3.63) is 42.5 Å². The lowest BCUT2D eigenvalue weighted by atomic mass is 9.89. The Kier molecular flexibility index (Phi) is 4.81. The molecule has 2 nitrogen and oxygen atoms in total. The van der Waals surface area contributed by atoms with Crippen molar-refractivity contribution in [3.8, 4) is 0 Å². The molecule has 1 heterocycles. The Balaban J connectivity index is 1.37. The van der Waals surface area contributed by atoms with Crippen LogP contribution in [0.3, 0.4) is 0 Å². The zero-order valence-corrected chi connectivity index (χ0v) is 12.6. The zero-order chi connectivity index (χ0) is 13.7. The summed E-state index contributed by atoms with van der Waals surface area (Å²) in [5.74, 6) is 1.53. The van der Waals surface area contributed by atoms with Gasteiger partial charge in [0.05, 0.1) is 13.2 Å². The molecule has 1 saturated heterocycles. The largest absolute Gasteiger partial charge is 0.344 e. The van der Waals surface area contributed by atoms with Crippen LogP contribution in [0.2, 0.25) is 0 Å². The van der Waals surface area contributed by atoms with Gasteiger partial charge in [0.2, 0.25) is 0 Å². The van der Waals surface area contributed by atoms with Gasteiger partial charge in [0, 0.05) is 11.3 Å². The summed E-state index contributed by atoms with van der Waals surface area (Å²) in [6.45, 7) is 1.48. The molecule has 0 saturated carbocycles. The third-order valence-corrected chi connectivity index (χ3v) is 5.09. The second kappa shape index (κ2) is 6.79. The van der Waals surface area contributed by atoms with E-state index in [-0.39, 0.29) is 5.79 Å². The average Bonchev–Trinajstić information content (AvgIpc) is 2.95. The summed E-state index contributed by atoms with van der Waals surface area (Å²) in [7, 11) is 0. The van der Waals surface area contributed by atoms with Crippen LogP contribution in [0, 0.1) is 5.92 Å². The standard InChI is InChI=1S/C17H22O2S/c1-2-6-16(7-3-1)20-14-4-5-15-8-10-17(11-9-15)18-12-13-19-17/h1-3,6-8,10,15H,4-5,9,11-14H2. The van der Waals surface area contributed by atoms with Gasteiger partial charge in [-0.15, -0.1) is 11.8 Å². The van der Waals surface area contributed by atoms with Crippen LogP contribution in [0.1, 0.15) is 25.7 Å². The number of allylic oxidation sites excluding steroid dienone is 1. The fourth-order valence-electron chi connectivity index (χ4n) is 2.85.